The third-order valence-corrected chi connectivity index (χ3v) is 0.661. The molecular formula is C5H3F5. The Bertz CT molecular complexity index is 160. The van der Waals surface area contributed by atoms with Crippen LogP contribution in [0, 0.1) is 0 Å². The van der Waals surface area contributed by atoms with Gasteiger partial charge in [0.15, 0.2) is 5.83 Å². The van der Waals surface area contributed by atoms with Gasteiger partial charge in [0.25, 0.3) is 0 Å². The van der Waals surface area contributed by atoms with Crippen molar-refractivity contribution in [3.63, 3.8) is 0 Å². The third kappa shape index (κ3) is 2.16. The van der Waals surface area contributed by atoms with Crippen LogP contribution >= 0.6 is 0 Å². The van der Waals surface area contributed by atoms with Gasteiger partial charge in [-0.25, -0.2) is 8.78 Å². The minimum absolute atomic E-state index is 0.540. The Kier molecular flexibility index (Phi) is 3.05. The van der Waals surface area contributed by atoms with Crippen molar-refractivity contribution >= 4 is 0 Å². The predicted molar refractivity (Wildman–Crippen MR) is 25.3 cm³/mol. The van der Waals surface area contributed by atoms with Crippen molar-refractivity contribution in [3.8, 4) is 0 Å². The molecule has 0 amide bonds. The van der Waals surface area contributed by atoms with Crippen molar-refractivity contribution < 1.29 is 22.0 Å². The van der Waals surface area contributed by atoms with Crippen LogP contribution in [-0.2, 0) is 0 Å². The van der Waals surface area contributed by atoms with E-state index in [-0.39, 0.29) is 0 Å². The fourth-order valence-corrected chi connectivity index (χ4v) is 0.234. The first kappa shape index (κ1) is 9.13. The summed E-state index contributed by atoms with van der Waals surface area (Å²) in [6.45, 7) is 0.540. The minimum Gasteiger partial charge on any atom is -0.209 e. The molecule has 0 heterocycles. The van der Waals surface area contributed by atoms with Crippen molar-refractivity contribution in [2.45, 2.75) is 6.92 Å². The highest BCUT2D eigenvalue weighted by atomic mass is 19.3. The molecule has 0 spiro atoms. The van der Waals surface area contributed by atoms with E-state index >= 15 is 0 Å². The maximum Gasteiger partial charge on any atom is 0.308 e. The lowest BCUT2D eigenvalue weighted by Gasteiger charge is -1.89. The molecule has 0 bridgehead atoms. The molecule has 5 heteroatoms. The Hall–Kier alpha value is -0.870. The first-order valence-electron chi connectivity index (χ1n) is 2.19. The number of halogens is 5. The van der Waals surface area contributed by atoms with Crippen molar-refractivity contribution in [1.82, 2.24) is 0 Å². The molecule has 0 saturated heterocycles. The second-order valence-electron chi connectivity index (χ2n) is 1.42. The fraction of sp³-hybridized carbons (Fsp3) is 0.200. The van der Waals surface area contributed by atoms with Crippen molar-refractivity contribution in [2.75, 3.05) is 0 Å². The zero-order chi connectivity index (χ0) is 8.31. The summed E-state index contributed by atoms with van der Waals surface area (Å²) in [5.41, 5.74) is 0. The van der Waals surface area contributed by atoms with Gasteiger partial charge in [0.1, 0.15) is 5.83 Å². The van der Waals surface area contributed by atoms with Gasteiger partial charge in [-0.1, -0.05) is 0 Å². The summed E-state index contributed by atoms with van der Waals surface area (Å²) in [5, 5.41) is 0. The Morgan fingerprint density at radius 2 is 1.20 bits per heavy atom. The molecule has 0 aliphatic heterocycles. The average Bonchev–Trinajstić information content (AvgIpc) is 1.84. The van der Waals surface area contributed by atoms with Gasteiger partial charge in [-0.2, -0.15) is 13.2 Å². The van der Waals surface area contributed by atoms with E-state index < -0.39 is 23.6 Å². The second-order valence-corrected chi connectivity index (χ2v) is 1.42. The van der Waals surface area contributed by atoms with Crippen LogP contribution in [0.5, 0.6) is 0 Å². The summed E-state index contributed by atoms with van der Waals surface area (Å²) >= 11 is 0. The van der Waals surface area contributed by atoms with E-state index in [9.17, 15) is 22.0 Å². The molecule has 0 saturated carbocycles. The highest BCUT2D eigenvalue weighted by Crippen LogP contribution is 2.22. The Balaban J connectivity index is 4.71. The molecule has 10 heavy (non-hydrogen) atoms. The Morgan fingerprint density at radius 3 is 1.30 bits per heavy atom. The van der Waals surface area contributed by atoms with Gasteiger partial charge in [-0.15, -0.1) is 0 Å². The molecule has 0 fully saturated rings. The first-order valence-corrected chi connectivity index (χ1v) is 2.19. The Morgan fingerprint density at radius 1 is 0.800 bits per heavy atom. The van der Waals surface area contributed by atoms with Gasteiger partial charge in [-0.3, -0.25) is 0 Å². The van der Waals surface area contributed by atoms with Gasteiger partial charge in [0, 0.05) is 0 Å². The van der Waals surface area contributed by atoms with Crippen molar-refractivity contribution in [3.05, 3.63) is 23.6 Å². The highest BCUT2D eigenvalue weighted by Gasteiger charge is 2.14. The predicted octanol–water partition coefficient (Wildman–Crippen LogP) is 3.23. The normalized spacial score (nSPS) is 12.6. The third-order valence-electron chi connectivity index (χ3n) is 0.661. The monoisotopic (exact) mass is 158 g/mol. The van der Waals surface area contributed by atoms with E-state index in [1.807, 2.05) is 0 Å². The molecule has 0 N–H and O–H groups in total. The average molecular weight is 158 g/mol. The standard InChI is InChI=1S/C5H3F5/c1-2(6)3(7)4(8)5(9)10/h1H3/b3-2-. The van der Waals surface area contributed by atoms with Gasteiger partial charge in [0.2, 0.25) is 5.83 Å². The number of allylic oxidation sites excluding steroid dienone is 3. The van der Waals surface area contributed by atoms with Gasteiger partial charge >= 0.3 is 6.08 Å². The summed E-state index contributed by atoms with van der Waals surface area (Å²) < 4.78 is 57.2. The zero-order valence-electron chi connectivity index (χ0n) is 4.89. The van der Waals surface area contributed by atoms with Gasteiger partial charge in [0.05, 0.1) is 0 Å². The quantitative estimate of drug-likeness (QED) is 0.406. The molecule has 0 aromatic carbocycles. The summed E-state index contributed by atoms with van der Waals surface area (Å²) in [6, 6.07) is 0. The number of rotatable bonds is 1. The summed E-state index contributed by atoms with van der Waals surface area (Å²) in [7, 11) is 0. The summed E-state index contributed by atoms with van der Waals surface area (Å²) in [5.74, 6) is -6.20. The molecule has 0 unspecified atom stereocenters. The van der Waals surface area contributed by atoms with E-state index in [1.54, 1.807) is 0 Å². The maximum absolute atomic E-state index is 11.8. The zero-order valence-corrected chi connectivity index (χ0v) is 4.89. The lowest BCUT2D eigenvalue weighted by atomic mass is 10.4. The molecule has 0 rings (SSSR count). The van der Waals surface area contributed by atoms with Crippen LogP contribution in [0.1, 0.15) is 6.92 Å². The van der Waals surface area contributed by atoms with E-state index in [4.69, 9.17) is 0 Å². The first-order chi connectivity index (χ1) is 4.46. The molecular weight excluding hydrogens is 155 g/mol. The molecule has 0 nitrogen and oxygen atoms in total. The van der Waals surface area contributed by atoms with E-state index in [0.717, 1.165) is 0 Å². The van der Waals surface area contributed by atoms with Gasteiger partial charge < -0.3 is 0 Å². The van der Waals surface area contributed by atoms with E-state index in [1.165, 1.54) is 0 Å². The molecule has 0 aromatic heterocycles. The molecule has 0 aromatic rings. The molecule has 0 aliphatic rings. The van der Waals surface area contributed by atoms with Crippen molar-refractivity contribution in [2.24, 2.45) is 0 Å². The summed E-state index contributed by atoms with van der Waals surface area (Å²) in [4.78, 5) is 0. The SMILES string of the molecule is C/C(F)=C(/F)C(F)=C(F)F. The van der Waals surface area contributed by atoms with Crippen LogP contribution in [0.2, 0.25) is 0 Å². The largest absolute Gasteiger partial charge is 0.308 e. The molecule has 0 aliphatic carbocycles. The van der Waals surface area contributed by atoms with E-state index in [0.29, 0.717) is 6.92 Å². The van der Waals surface area contributed by atoms with Crippen LogP contribution in [0.4, 0.5) is 22.0 Å². The Labute approximate surface area is 53.6 Å². The molecule has 0 radical (unpaired) electrons. The highest BCUT2D eigenvalue weighted by molar-refractivity contribution is 5.20. The lowest BCUT2D eigenvalue weighted by molar-refractivity contribution is 0.366. The number of hydrogen-bond donors (Lipinski definition) is 0. The minimum atomic E-state index is -2.87. The van der Waals surface area contributed by atoms with Crippen LogP contribution in [-0.4, -0.2) is 0 Å². The maximum atomic E-state index is 11.8. The van der Waals surface area contributed by atoms with E-state index in [2.05, 4.69) is 0 Å². The molecule has 58 valence electrons. The van der Waals surface area contributed by atoms with Crippen LogP contribution in [0.3, 0.4) is 0 Å². The van der Waals surface area contributed by atoms with Gasteiger partial charge in [-0.05, 0) is 6.92 Å². The van der Waals surface area contributed by atoms with Crippen LogP contribution in [0.25, 0.3) is 0 Å². The topological polar surface area (TPSA) is 0 Å². The number of hydrogen-bond acceptors (Lipinski definition) is 0. The van der Waals surface area contributed by atoms with Crippen LogP contribution < -0.4 is 0 Å². The summed E-state index contributed by atoms with van der Waals surface area (Å²) in [6.07, 6.45) is -2.87. The smallest absolute Gasteiger partial charge is 0.209 e. The second kappa shape index (κ2) is 3.34. The fourth-order valence-electron chi connectivity index (χ4n) is 0.234. The lowest BCUT2D eigenvalue weighted by Crippen LogP contribution is -1.79. The van der Waals surface area contributed by atoms with Crippen LogP contribution in [0.15, 0.2) is 23.6 Å². The van der Waals surface area contributed by atoms with Crippen molar-refractivity contribution in [1.29, 1.82) is 0 Å². The molecule has 0 atom stereocenters.